The van der Waals surface area contributed by atoms with E-state index in [1.807, 2.05) is 17.8 Å². The molecule has 2 N–H and O–H groups in total. The highest BCUT2D eigenvalue weighted by Crippen LogP contribution is 2.09. The zero-order valence-electron chi connectivity index (χ0n) is 8.90. The third-order valence-corrected chi connectivity index (χ3v) is 2.48. The molecule has 0 aromatic carbocycles. The molecule has 0 spiro atoms. The predicted octanol–water partition coefficient (Wildman–Crippen LogP) is 1.24. The summed E-state index contributed by atoms with van der Waals surface area (Å²) in [5.74, 6) is 1.41. The van der Waals surface area contributed by atoms with Crippen LogP contribution in [0.15, 0.2) is 12.4 Å². The second kappa shape index (κ2) is 5.65. The van der Waals surface area contributed by atoms with Gasteiger partial charge in [-0.2, -0.15) is 0 Å². The van der Waals surface area contributed by atoms with Crippen LogP contribution < -0.4 is 5.32 Å². The average Bonchev–Trinajstić information content (AvgIpc) is 2.59. The number of aliphatic hydroxyl groups excluding tert-OH is 1. The summed E-state index contributed by atoms with van der Waals surface area (Å²) in [7, 11) is 1.96. The topological polar surface area (TPSA) is 50.1 Å². The van der Waals surface area contributed by atoms with Crippen LogP contribution in [-0.2, 0) is 7.05 Å². The number of aromatic nitrogens is 2. The van der Waals surface area contributed by atoms with E-state index < -0.39 is 0 Å². The molecule has 4 heteroatoms. The molecule has 0 aliphatic carbocycles. The minimum Gasteiger partial charge on any atom is -0.396 e. The number of nitrogens with zero attached hydrogens (tertiary/aromatic N) is 2. The normalized spacial score (nSPS) is 12.8. The summed E-state index contributed by atoms with van der Waals surface area (Å²) in [5, 5.41) is 12.1. The summed E-state index contributed by atoms with van der Waals surface area (Å²) in [6.07, 6.45) is 5.62. The number of aliphatic hydroxyl groups is 1. The van der Waals surface area contributed by atoms with Crippen LogP contribution in [0.1, 0.15) is 19.8 Å². The van der Waals surface area contributed by atoms with E-state index in [1.54, 1.807) is 6.20 Å². The van der Waals surface area contributed by atoms with Gasteiger partial charge in [-0.25, -0.2) is 4.98 Å². The monoisotopic (exact) mass is 197 g/mol. The molecule has 0 saturated heterocycles. The summed E-state index contributed by atoms with van der Waals surface area (Å²) >= 11 is 0. The molecule has 0 fully saturated rings. The van der Waals surface area contributed by atoms with Crippen molar-refractivity contribution in [3.05, 3.63) is 12.4 Å². The van der Waals surface area contributed by atoms with E-state index >= 15 is 0 Å². The second-order valence-corrected chi connectivity index (χ2v) is 3.53. The Kier molecular flexibility index (Phi) is 4.46. The number of anilines is 1. The molecule has 14 heavy (non-hydrogen) atoms. The van der Waals surface area contributed by atoms with Gasteiger partial charge in [0.25, 0.3) is 0 Å². The lowest BCUT2D eigenvalue weighted by atomic mass is 10.0. The Labute approximate surface area is 85.0 Å². The second-order valence-electron chi connectivity index (χ2n) is 3.53. The Morgan fingerprint density at radius 1 is 1.64 bits per heavy atom. The molecular weight excluding hydrogens is 178 g/mol. The first-order valence-electron chi connectivity index (χ1n) is 5.10. The molecule has 0 amide bonds. The van der Waals surface area contributed by atoms with Gasteiger partial charge in [-0.3, -0.25) is 0 Å². The molecule has 1 rings (SSSR count). The molecule has 1 aromatic heterocycles. The van der Waals surface area contributed by atoms with Crippen molar-refractivity contribution in [3.8, 4) is 0 Å². The van der Waals surface area contributed by atoms with E-state index in [-0.39, 0.29) is 6.61 Å². The fraction of sp³-hybridized carbons (Fsp3) is 0.700. The molecular formula is C10H19N3O. The Bertz CT molecular complexity index is 260. The number of nitrogens with one attached hydrogen (secondary N) is 1. The minimum absolute atomic E-state index is 0.265. The average molecular weight is 197 g/mol. The van der Waals surface area contributed by atoms with E-state index in [0.717, 1.165) is 25.3 Å². The zero-order valence-corrected chi connectivity index (χ0v) is 8.90. The van der Waals surface area contributed by atoms with Gasteiger partial charge in [0.05, 0.1) is 0 Å². The number of rotatable bonds is 6. The molecule has 80 valence electrons. The third kappa shape index (κ3) is 3.03. The molecule has 1 unspecified atom stereocenters. The van der Waals surface area contributed by atoms with Crippen LogP contribution in [0.25, 0.3) is 0 Å². The van der Waals surface area contributed by atoms with Crippen molar-refractivity contribution in [3.63, 3.8) is 0 Å². The fourth-order valence-electron chi connectivity index (χ4n) is 1.40. The summed E-state index contributed by atoms with van der Waals surface area (Å²) in [6.45, 7) is 3.28. The number of imidazole rings is 1. The zero-order chi connectivity index (χ0) is 10.4. The van der Waals surface area contributed by atoms with Gasteiger partial charge in [0.1, 0.15) is 0 Å². The first-order valence-corrected chi connectivity index (χ1v) is 5.10. The van der Waals surface area contributed by atoms with Crippen LogP contribution in [0, 0.1) is 5.92 Å². The van der Waals surface area contributed by atoms with Gasteiger partial charge in [-0.1, -0.05) is 13.3 Å². The Hall–Kier alpha value is -1.03. The SMILES string of the molecule is CCC(CCO)CNc1nccn1C. The lowest BCUT2D eigenvalue weighted by Crippen LogP contribution is -2.16. The lowest BCUT2D eigenvalue weighted by Gasteiger charge is -2.14. The van der Waals surface area contributed by atoms with Crippen molar-refractivity contribution in [1.82, 2.24) is 9.55 Å². The van der Waals surface area contributed by atoms with E-state index in [9.17, 15) is 0 Å². The van der Waals surface area contributed by atoms with Crippen LogP contribution in [0.2, 0.25) is 0 Å². The predicted molar refractivity (Wildman–Crippen MR) is 57.2 cm³/mol. The molecule has 1 atom stereocenters. The fourth-order valence-corrected chi connectivity index (χ4v) is 1.40. The van der Waals surface area contributed by atoms with Crippen molar-refractivity contribution >= 4 is 5.95 Å². The van der Waals surface area contributed by atoms with Gasteiger partial charge in [0.2, 0.25) is 5.95 Å². The highest BCUT2D eigenvalue weighted by Gasteiger charge is 2.06. The number of hydrogen-bond acceptors (Lipinski definition) is 3. The van der Waals surface area contributed by atoms with Crippen LogP contribution in [0.4, 0.5) is 5.95 Å². The molecule has 4 nitrogen and oxygen atoms in total. The minimum atomic E-state index is 0.265. The third-order valence-electron chi connectivity index (χ3n) is 2.48. The van der Waals surface area contributed by atoms with Crippen LogP contribution in [0.5, 0.6) is 0 Å². The standard InChI is InChI=1S/C10H19N3O/c1-3-9(4-7-14)8-12-10-11-5-6-13(10)2/h5-6,9,14H,3-4,7-8H2,1-2H3,(H,11,12). The Morgan fingerprint density at radius 2 is 2.43 bits per heavy atom. The Morgan fingerprint density at radius 3 is 2.93 bits per heavy atom. The first-order chi connectivity index (χ1) is 6.77. The van der Waals surface area contributed by atoms with Crippen LogP contribution >= 0.6 is 0 Å². The first kappa shape index (κ1) is 11.0. The van der Waals surface area contributed by atoms with Crippen LogP contribution in [0.3, 0.4) is 0 Å². The van der Waals surface area contributed by atoms with Crippen LogP contribution in [-0.4, -0.2) is 27.8 Å². The van der Waals surface area contributed by atoms with Gasteiger partial charge < -0.3 is 15.0 Å². The maximum Gasteiger partial charge on any atom is 0.202 e. The molecule has 0 saturated carbocycles. The maximum atomic E-state index is 8.83. The quantitative estimate of drug-likeness (QED) is 0.721. The molecule has 1 heterocycles. The Balaban J connectivity index is 2.35. The number of hydrogen-bond donors (Lipinski definition) is 2. The molecule has 0 radical (unpaired) electrons. The lowest BCUT2D eigenvalue weighted by molar-refractivity contribution is 0.258. The molecule has 0 aliphatic heterocycles. The van der Waals surface area contributed by atoms with Gasteiger partial charge in [0, 0.05) is 32.6 Å². The highest BCUT2D eigenvalue weighted by atomic mass is 16.3. The maximum absolute atomic E-state index is 8.83. The van der Waals surface area contributed by atoms with Crippen molar-refractivity contribution < 1.29 is 5.11 Å². The molecule has 1 aromatic rings. The van der Waals surface area contributed by atoms with Crippen molar-refractivity contribution in [1.29, 1.82) is 0 Å². The largest absolute Gasteiger partial charge is 0.396 e. The number of aryl methyl sites for hydroxylation is 1. The van der Waals surface area contributed by atoms with E-state index in [0.29, 0.717) is 5.92 Å². The van der Waals surface area contributed by atoms with Crippen molar-refractivity contribution in [2.75, 3.05) is 18.5 Å². The van der Waals surface area contributed by atoms with Gasteiger partial charge in [-0.15, -0.1) is 0 Å². The van der Waals surface area contributed by atoms with Gasteiger partial charge in [0.15, 0.2) is 0 Å². The molecule has 0 aliphatic rings. The smallest absolute Gasteiger partial charge is 0.202 e. The van der Waals surface area contributed by atoms with E-state index in [1.165, 1.54) is 0 Å². The summed E-state index contributed by atoms with van der Waals surface area (Å²) in [4.78, 5) is 4.17. The summed E-state index contributed by atoms with van der Waals surface area (Å²) < 4.78 is 1.95. The van der Waals surface area contributed by atoms with Crippen molar-refractivity contribution in [2.24, 2.45) is 13.0 Å². The van der Waals surface area contributed by atoms with Crippen molar-refractivity contribution in [2.45, 2.75) is 19.8 Å². The van der Waals surface area contributed by atoms with Gasteiger partial charge in [-0.05, 0) is 12.3 Å². The summed E-state index contributed by atoms with van der Waals surface area (Å²) in [5.41, 5.74) is 0. The van der Waals surface area contributed by atoms with E-state index in [2.05, 4.69) is 17.2 Å². The summed E-state index contributed by atoms with van der Waals surface area (Å²) in [6, 6.07) is 0. The van der Waals surface area contributed by atoms with Gasteiger partial charge >= 0.3 is 0 Å². The highest BCUT2D eigenvalue weighted by molar-refractivity contribution is 5.25. The molecule has 0 bridgehead atoms. The van der Waals surface area contributed by atoms with E-state index in [4.69, 9.17) is 5.11 Å².